The van der Waals surface area contributed by atoms with Crippen LogP contribution in [0.2, 0.25) is 0 Å². The summed E-state index contributed by atoms with van der Waals surface area (Å²) in [6.07, 6.45) is 1.31. The van der Waals surface area contributed by atoms with E-state index in [1.807, 2.05) is 0 Å². The normalized spacial score (nSPS) is 18.9. The number of hydrogen-bond acceptors (Lipinski definition) is 11. The van der Waals surface area contributed by atoms with Gasteiger partial charge in [-0.15, -0.1) is 5.10 Å². The number of ether oxygens (including phenoxy) is 2. The number of carbonyl (C=O) groups excluding carboxylic acids is 2. The van der Waals surface area contributed by atoms with Gasteiger partial charge in [0.25, 0.3) is 11.8 Å². The number of aromatic nitrogens is 5. The van der Waals surface area contributed by atoms with E-state index in [-0.39, 0.29) is 25.0 Å². The van der Waals surface area contributed by atoms with Crippen LogP contribution in [-0.4, -0.2) is 73.8 Å². The Hall–Kier alpha value is -4.56. The van der Waals surface area contributed by atoms with Gasteiger partial charge in [0.2, 0.25) is 0 Å². The van der Waals surface area contributed by atoms with Crippen LogP contribution in [0.25, 0.3) is 16.8 Å². The summed E-state index contributed by atoms with van der Waals surface area (Å²) >= 11 is 0. The summed E-state index contributed by atoms with van der Waals surface area (Å²) in [4.78, 5) is 35.8. The largest absolute Gasteiger partial charge is 0.467 e. The summed E-state index contributed by atoms with van der Waals surface area (Å²) in [6.45, 7) is 1.61. The smallest absolute Gasteiger partial charge is 0.318 e. The third kappa shape index (κ3) is 3.97. The van der Waals surface area contributed by atoms with Gasteiger partial charge in [0.05, 0.1) is 25.6 Å². The van der Waals surface area contributed by atoms with Crippen molar-refractivity contribution < 1.29 is 28.7 Å². The first-order valence-corrected chi connectivity index (χ1v) is 10.8. The fourth-order valence-electron chi connectivity index (χ4n) is 3.83. The molecule has 4 aromatic rings. The molecule has 1 aliphatic heterocycles. The molecule has 2 amide bonds. The minimum atomic E-state index is -1.86. The third-order valence-corrected chi connectivity index (χ3v) is 5.81. The molecule has 1 fully saturated rings. The number of nitrogens with two attached hydrogens (primary N) is 1. The Morgan fingerprint density at radius 2 is 2.14 bits per heavy atom. The van der Waals surface area contributed by atoms with E-state index in [1.165, 1.54) is 35.9 Å². The fourth-order valence-corrected chi connectivity index (χ4v) is 3.83. The Bertz CT molecular complexity index is 1450. The number of nitrogens with one attached hydrogen (secondary N) is 1. The molecule has 5 rings (SSSR count). The molecule has 1 aromatic carbocycles. The lowest BCUT2D eigenvalue weighted by Gasteiger charge is -2.40. The number of hydrogen-bond donors (Lipinski definition) is 3. The standard InChI is InChI=1S/C22H22N8O6/c1-22(17(31)19(32)25-12-3-4-13-14(11-12)36-28-18(13)23)20(33)29(9-10-35-22)16-6-8-30(27-16)15-5-7-24-21(26-15)34-2/h3-8,11,17,31H,9-10H2,1-2H3,(H2,23,28)(H,25,32). The molecule has 1 saturated heterocycles. The molecule has 0 radical (unpaired) electrons. The van der Waals surface area contributed by atoms with E-state index in [1.54, 1.807) is 30.5 Å². The zero-order chi connectivity index (χ0) is 25.4. The van der Waals surface area contributed by atoms with Crippen LogP contribution in [0.15, 0.2) is 47.2 Å². The van der Waals surface area contributed by atoms with E-state index in [0.29, 0.717) is 28.3 Å². The molecule has 3 aromatic heterocycles. The van der Waals surface area contributed by atoms with Gasteiger partial charge in [0.1, 0.15) is 0 Å². The zero-order valence-electron chi connectivity index (χ0n) is 19.3. The van der Waals surface area contributed by atoms with E-state index in [9.17, 15) is 14.7 Å². The molecule has 0 bridgehead atoms. The van der Waals surface area contributed by atoms with Crippen LogP contribution in [0, 0.1) is 0 Å². The summed E-state index contributed by atoms with van der Waals surface area (Å²) < 4.78 is 17.2. The fraction of sp³-hybridized carbons (Fsp3) is 0.273. The van der Waals surface area contributed by atoms with Crippen LogP contribution in [-0.2, 0) is 14.3 Å². The first kappa shape index (κ1) is 23.2. The van der Waals surface area contributed by atoms with Crippen molar-refractivity contribution in [3.63, 3.8) is 0 Å². The second-order valence-corrected chi connectivity index (χ2v) is 8.10. The van der Waals surface area contributed by atoms with Crippen LogP contribution in [0.1, 0.15) is 6.92 Å². The summed E-state index contributed by atoms with van der Waals surface area (Å²) in [6, 6.07) is 8.12. The van der Waals surface area contributed by atoms with E-state index in [4.69, 9.17) is 19.7 Å². The van der Waals surface area contributed by atoms with Gasteiger partial charge in [-0.25, -0.2) is 9.67 Å². The highest BCUT2D eigenvalue weighted by Gasteiger charge is 2.51. The lowest BCUT2D eigenvalue weighted by molar-refractivity contribution is -0.170. The highest BCUT2D eigenvalue weighted by Crippen LogP contribution is 2.29. The maximum atomic E-state index is 13.4. The molecular formula is C22H22N8O6. The number of morpholine rings is 1. The number of nitrogen functional groups attached to an aromatic ring is 1. The molecule has 14 heteroatoms. The molecule has 4 N–H and O–H groups in total. The predicted octanol–water partition coefficient (Wildman–Crippen LogP) is 0.516. The van der Waals surface area contributed by atoms with Crippen molar-refractivity contribution in [2.24, 2.45) is 0 Å². The van der Waals surface area contributed by atoms with Gasteiger partial charge in [-0.05, 0) is 19.1 Å². The Morgan fingerprint density at radius 3 is 2.94 bits per heavy atom. The van der Waals surface area contributed by atoms with E-state index in [2.05, 4.69) is 25.5 Å². The van der Waals surface area contributed by atoms with E-state index < -0.39 is 23.5 Å². The molecule has 36 heavy (non-hydrogen) atoms. The molecule has 0 saturated carbocycles. The number of methoxy groups -OCH3 is 1. The first-order chi connectivity index (χ1) is 17.3. The van der Waals surface area contributed by atoms with Gasteiger partial charge in [0, 0.05) is 36.3 Å². The lowest BCUT2D eigenvalue weighted by Crippen LogP contribution is -2.63. The van der Waals surface area contributed by atoms with Crippen molar-refractivity contribution in [2.75, 3.05) is 36.2 Å². The summed E-state index contributed by atoms with van der Waals surface area (Å²) in [5.41, 5.74) is 4.53. The average Bonchev–Trinajstić information content (AvgIpc) is 3.52. The highest BCUT2D eigenvalue weighted by atomic mass is 16.5. The zero-order valence-corrected chi connectivity index (χ0v) is 19.3. The molecule has 0 spiro atoms. The summed E-state index contributed by atoms with van der Waals surface area (Å²) in [5.74, 6) is -0.508. The van der Waals surface area contributed by atoms with Crippen molar-refractivity contribution in [1.82, 2.24) is 24.9 Å². The lowest BCUT2D eigenvalue weighted by atomic mass is 9.94. The summed E-state index contributed by atoms with van der Waals surface area (Å²) in [5, 5.41) is 22.1. The quantitative estimate of drug-likeness (QED) is 0.339. The molecule has 1 aliphatic rings. The molecule has 2 atom stereocenters. The minimum absolute atomic E-state index is 0.0735. The molecule has 4 heterocycles. The van der Waals surface area contributed by atoms with E-state index in [0.717, 1.165) is 0 Å². The SMILES string of the molecule is COc1nccc(-n2ccc(N3CCOC(C)(C(O)C(=O)Nc4ccc5c(N)noc5c4)C3=O)n2)n1. The van der Waals surface area contributed by atoms with Gasteiger partial charge in [0.15, 0.2) is 34.7 Å². The number of benzene rings is 1. The number of nitrogens with zero attached hydrogens (tertiary/aromatic N) is 6. The number of rotatable bonds is 6. The van der Waals surface area contributed by atoms with Gasteiger partial charge in [-0.3, -0.25) is 14.5 Å². The van der Waals surface area contributed by atoms with E-state index >= 15 is 0 Å². The van der Waals surface area contributed by atoms with Crippen molar-refractivity contribution in [2.45, 2.75) is 18.6 Å². The number of aliphatic hydroxyl groups is 1. The van der Waals surface area contributed by atoms with Crippen LogP contribution in [0.3, 0.4) is 0 Å². The minimum Gasteiger partial charge on any atom is -0.467 e. The van der Waals surface area contributed by atoms with Gasteiger partial charge < -0.3 is 30.2 Å². The number of fused-ring (bicyclic) bond motifs is 1. The Morgan fingerprint density at radius 1 is 1.31 bits per heavy atom. The topological polar surface area (TPSA) is 184 Å². The Balaban J connectivity index is 1.34. The van der Waals surface area contributed by atoms with Gasteiger partial charge >= 0.3 is 6.01 Å². The first-order valence-electron chi connectivity index (χ1n) is 10.8. The molecule has 14 nitrogen and oxygen atoms in total. The Labute approximate surface area is 203 Å². The molecular weight excluding hydrogens is 472 g/mol. The number of carbonyl (C=O) groups is 2. The van der Waals surface area contributed by atoms with Gasteiger partial charge in [-0.1, -0.05) is 5.16 Å². The summed E-state index contributed by atoms with van der Waals surface area (Å²) in [7, 11) is 1.45. The van der Waals surface area contributed by atoms with Crippen LogP contribution in [0.4, 0.5) is 17.3 Å². The van der Waals surface area contributed by atoms with Crippen LogP contribution in [0.5, 0.6) is 6.01 Å². The maximum Gasteiger partial charge on any atom is 0.318 e. The third-order valence-electron chi connectivity index (χ3n) is 5.81. The second-order valence-electron chi connectivity index (χ2n) is 8.10. The van der Waals surface area contributed by atoms with Crippen molar-refractivity contribution in [3.05, 3.63) is 42.7 Å². The maximum absolute atomic E-state index is 13.4. The second kappa shape index (κ2) is 8.90. The van der Waals surface area contributed by atoms with Crippen molar-refractivity contribution in [3.8, 4) is 11.8 Å². The predicted molar refractivity (Wildman–Crippen MR) is 125 cm³/mol. The van der Waals surface area contributed by atoms with Crippen LogP contribution < -0.4 is 20.7 Å². The molecule has 0 aliphatic carbocycles. The molecule has 186 valence electrons. The number of amides is 2. The highest BCUT2D eigenvalue weighted by molar-refractivity contribution is 6.06. The van der Waals surface area contributed by atoms with Gasteiger partial charge in [-0.2, -0.15) is 4.98 Å². The van der Waals surface area contributed by atoms with Crippen molar-refractivity contribution >= 4 is 40.1 Å². The molecule has 2 unspecified atom stereocenters. The average molecular weight is 494 g/mol. The Kier molecular flexibility index (Phi) is 5.74. The monoisotopic (exact) mass is 494 g/mol. The van der Waals surface area contributed by atoms with Crippen molar-refractivity contribution in [1.29, 1.82) is 0 Å². The number of aliphatic hydroxyl groups excluding tert-OH is 1. The van der Waals surface area contributed by atoms with Crippen LogP contribution >= 0.6 is 0 Å². The number of anilines is 3.